The molecule has 0 N–H and O–H groups in total. The van der Waals surface area contributed by atoms with Crippen LogP contribution in [0, 0.1) is 0 Å². The van der Waals surface area contributed by atoms with Crippen LogP contribution in [0.5, 0.6) is 11.5 Å². The van der Waals surface area contributed by atoms with E-state index in [0.29, 0.717) is 18.2 Å². The van der Waals surface area contributed by atoms with Crippen LogP contribution in [0.2, 0.25) is 0 Å². The Balaban J connectivity index is 1.69. The van der Waals surface area contributed by atoms with Gasteiger partial charge in [-0.05, 0) is 35.9 Å². The third kappa shape index (κ3) is 2.56. The van der Waals surface area contributed by atoms with E-state index < -0.39 is 0 Å². The molecule has 0 unspecified atom stereocenters. The van der Waals surface area contributed by atoms with Crippen LogP contribution in [0.25, 0.3) is 21.3 Å². The Labute approximate surface area is 136 Å². The van der Waals surface area contributed by atoms with E-state index in [4.69, 9.17) is 21.1 Å². The minimum Gasteiger partial charge on any atom is -0.486 e. The van der Waals surface area contributed by atoms with Crippen molar-refractivity contribution in [1.29, 1.82) is 0 Å². The second-order valence-electron chi connectivity index (χ2n) is 4.88. The average Bonchev–Trinajstić information content (AvgIpc) is 2.99. The molecule has 0 bridgehead atoms. The van der Waals surface area contributed by atoms with Crippen LogP contribution < -0.4 is 9.47 Å². The number of halogens is 1. The first kappa shape index (κ1) is 13.6. The summed E-state index contributed by atoms with van der Waals surface area (Å²) in [5.41, 5.74) is 1.93. The number of hydrogen-bond acceptors (Lipinski definition) is 4. The predicted molar refractivity (Wildman–Crippen MR) is 90.8 cm³/mol. The van der Waals surface area contributed by atoms with Gasteiger partial charge in [0.15, 0.2) is 11.5 Å². The van der Waals surface area contributed by atoms with Gasteiger partial charge in [-0.1, -0.05) is 29.8 Å². The third-order valence-corrected chi connectivity index (χ3v) is 4.83. The van der Waals surface area contributed by atoms with Crippen LogP contribution in [0.4, 0.5) is 0 Å². The van der Waals surface area contributed by atoms with Gasteiger partial charge in [-0.2, -0.15) is 0 Å². The van der Waals surface area contributed by atoms with Gasteiger partial charge in [-0.25, -0.2) is 4.98 Å². The fraction of sp³-hybridized carbons (Fsp3) is 0.118. The summed E-state index contributed by atoms with van der Waals surface area (Å²) < 4.78 is 12.2. The van der Waals surface area contributed by atoms with Crippen molar-refractivity contribution >= 4 is 44.3 Å². The topological polar surface area (TPSA) is 31.4 Å². The highest BCUT2D eigenvalue weighted by atomic mass is 35.5. The number of hydrogen-bond donors (Lipinski definition) is 0. The summed E-state index contributed by atoms with van der Waals surface area (Å²) in [7, 11) is 0. The lowest BCUT2D eigenvalue weighted by atomic mass is 10.2. The molecule has 0 saturated carbocycles. The van der Waals surface area contributed by atoms with Crippen LogP contribution in [0.1, 0.15) is 10.6 Å². The van der Waals surface area contributed by atoms with E-state index in [1.54, 1.807) is 11.3 Å². The van der Waals surface area contributed by atoms with Gasteiger partial charge >= 0.3 is 0 Å². The lowest BCUT2D eigenvalue weighted by Gasteiger charge is -2.18. The number of aromatic nitrogens is 1. The minimum atomic E-state index is 0.575. The van der Waals surface area contributed by atoms with Gasteiger partial charge in [0.25, 0.3) is 0 Å². The van der Waals surface area contributed by atoms with E-state index in [9.17, 15) is 0 Å². The molecular formula is C17H12ClNO2S. The molecule has 0 amide bonds. The van der Waals surface area contributed by atoms with Gasteiger partial charge in [-0.3, -0.25) is 0 Å². The summed E-state index contributed by atoms with van der Waals surface area (Å²) in [6, 6.07) is 13.8. The number of fused-ring (bicyclic) bond motifs is 2. The van der Waals surface area contributed by atoms with Crippen LogP contribution >= 0.6 is 22.9 Å². The van der Waals surface area contributed by atoms with Gasteiger partial charge in [0.1, 0.15) is 18.2 Å². The van der Waals surface area contributed by atoms with Crippen molar-refractivity contribution in [3.05, 3.63) is 53.0 Å². The van der Waals surface area contributed by atoms with Crippen LogP contribution in [0.15, 0.2) is 42.5 Å². The molecule has 1 aromatic heterocycles. The highest BCUT2D eigenvalue weighted by molar-refractivity contribution is 7.20. The molecule has 3 aromatic rings. The van der Waals surface area contributed by atoms with Crippen molar-refractivity contribution in [2.75, 3.05) is 13.2 Å². The van der Waals surface area contributed by atoms with Crippen molar-refractivity contribution in [1.82, 2.24) is 4.98 Å². The van der Waals surface area contributed by atoms with E-state index in [-0.39, 0.29) is 0 Å². The van der Waals surface area contributed by atoms with E-state index in [0.717, 1.165) is 32.3 Å². The van der Waals surface area contributed by atoms with Gasteiger partial charge in [0.05, 0.1) is 15.2 Å². The maximum absolute atomic E-state index is 6.43. The number of benzene rings is 2. The molecular weight excluding hydrogens is 318 g/mol. The quantitative estimate of drug-likeness (QED) is 0.676. The zero-order chi connectivity index (χ0) is 14.9. The average molecular weight is 330 g/mol. The summed E-state index contributed by atoms with van der Waals surface area (Å²) in [6.07, 6.45) is 1.90. The molecule has 4 rings (SSSR count). The standard InChI is InChI=1S/C17H12ClNO2S/c18-12(17-19-13-3-1-2-4-16(13)22-17)9-11-5-6-14-15(10-11)21-8-7-20-14/h1-6,9-10H,7-8H2/b12-9-. The van der Waals surface area contributed by atoms with Gasteiger partial charge < -0.3 is 9.47 Å². The predicted octanol–water partition coefficient (Wildman–Crippen LogP) is 4.80. The molecule has 0 radical (unpaired) electrons. The molecule has 0 aliphatic carbocycles. The molecule has 2 aromatic carbocycles. The molecule has 2 heterocycles. The van der Waals surface area contributed by atoms with E-state index >= 15 is 0 Å². The number of para-hydroxylation sites is 1. The maximum atomic E-state index is 6.43. The second-order valence-corrected chi connectivity index (χ2v) is 6.32. The van der Waals surface area contributed by atoms with Crippen LogP contribution in [0.3, 0.4) is 0 Å². The Morgan fingerprint density at radius 1 is 1.09 bits per heavy atom. The molecule has 3 nitrogen and oxygen atoms in total. The van der Waals surface area contributed by atoms with E-state index in [2.05, 4.69) is 4.98 Å². The molecule has 1 aliphatic heterocycles. The first-order valence-electron chi connectivity index (χ1n) is 6.92. The molecule has 0 atom stereocenters. The normalized spacial score (nSPS) is 14.3. The molecule has 22 heavy (non-hydrogen) atoms. The zero-order valence-corrected chi connectivity index (χ0v) is 13.2. The molecule has 110 valence electrons. The third-order valence-electron chi connectivity index (χ3n) is 3.36. The van der Waals surface area contributed by atoms with Gasteiger partial charge in [0, 0.05) is 0 Å². The summed E-state index contributed by atoms with van der Waals surface area (Å²) in [5, 5.41) is 1.44. The maximum Gasteiger partial charge on any atom is 0.161 e. The van der Waals surface area contributed by atoms with Crippen molar-refractivity contribution in [2.24, 2.45) is 0 Å². The number of thiazole rings is 1. The second kappa shape index (κ2) is 5.63. The summed E-state index contributed by atoms with van der Waals surface area (Å²) in [5.74, 6) is 1.54. The smallest absolute Gasteiger partial charge is 0.161 e. The minimum absolute atomic E-state index is 0.575. The van der Waals surface area contributed by atoms with Crippen LogP contribution in [-0.4, -0.2) is 18.2 Å². The zero-order valence-electron chi connectivity index (χ0n) is 11.6. The number of nitrogens with zero attached hydrogens (tertiary/aromatic N) is 1. The summed E-state index contributed by atoms with van der Waals surface area (Å²) >= 11 is 8.02. The molecule has 0 spiro atoms. The number of ether oxygens (including phenoxy) is 2. The molecule has 1 aliphatic rings. The van der Waals surface area contributed by atoms with Crippen molar-refractivity contribution < 1.29 is 9.47 Å². The Bertz CT molecular complexity index is 839. The Morgan fingerprint density at radius 2 is 1.91 bits per heavy atom. The van der Waals surface area contributed by atoms with Crippen molar-refractivity contribution in [3.63, 3.8) is 0 Å². The summed E-state index contributed by atoms with van der Waals surface area (Å²) in [4.78, 5) is 4.56. The van der Waals surface area contributed by atoms with Gasteiger partial charge in [0.2, 0.25) is 0 Å². The fourth-order valence-corrected chi connectivity index (χ4v) is 3.49. The number of rotatable bonds is 2. The molecule has 0 fully saturated rings. The van der Waals surface area contributed by atoms with Crippen molar-refractivity contribution in [2.45, 2.75) is 0 Å². The Hall–Kier alpha value is -2.04. The fourth-order valence-electron chi connectivity index (χ4n) is 2.33. The van der Waals surface area contributed by atoms with Gasteiger partial charge in [-0.15, -0.1) is 11.3 Å². The first-order valence-corrected chi connectivity index (χ1v) is 8.12. The van der Waals surface area contributed by atoms with Crippen LogP contribution in [-0.2, 0) is 0 Å². The Morgan fingerprint density at radius 3 is 2.77 bits per heavy atom. The Kier molecular flexibility index (Phi) is 3.48. The van der Waals surface area contributed by atoms with E-state index in [1.807, 2.05) is 48.5 Å². The highest BCUT2D eigenvalue weighted by Crippen LogP contribution is 2.34. The monoisotopic (exact) mass is 329 g/mol. The van der Waals surface area contributed by atoms with E-state index in [1.165, 1.54) is 0 Å². The SMILES string of the molecule is Cl/C(=C\c1ccc2c(c1)OCCO2)c1nc2ccccc2s1. The molecule has 0 saturated heterocycles. The summed E-state index contributed by atoms with van der Waals surface area (Å²) in [6.45, 7) is 1.17. The lowest BCUT2D eigenvalue weighted by Crippen LogP contribution is -2.15. The van der Waals surface area contributed by atoms with Crippen molar-refractivity contribution in [3.8, 4) is 11.5 Å². The first-order chi connectivity index (χ1) is 10.8. The lowest BCUT2D eigenvalue weighted by molar-refractivity contribution is 0.171. The molecule has 5 heteroatoms. The highest BCUT2D eigenvalue weighted by Gasteiger charge is 2.12. The largest absolute Gasteiger partial charge is 0.486 e.